The van der Waals surface area contributed by atoms with Crippen molar-refractivity contribution in [1.29, 1.82) is 0 Å². The molecule has 1 aliphatic rings. The number of nitrogens with zero attached hydrogens (tertiary/aromatic N) is 1. The van der Waals surface area contributed by atoms with Gasteiger partial charge in [0.1, 0.15) is 0 Å². The third-order valence-electron chi connectivity index (χ3n) is 3.89. The minimum atomic E-state index is -0.293. The maximum Gasteiger partial charge on any atom is 0.170 e. The number of hydrogen-bond acceptors (Lipinski definition) is 4. The van der Waals surface area contributed by atoms with Gasteiger partial charge in [-0.2, -0.15) is 0 Å². The molecule has 1 fully saturated rings. The number of thiophene rings is 1. The van der Waals surface area contributed by atoms with E-state index in [1.807, 2.05) is 24.3 Å². The minimum absolute atomic E-state index is 0.130. The summed E-state index contributed by atoms with van der Waals surface area (Å²) in [4.78, 5) is 3.34. The first-order valence-electron chi connectivity index (χ1n) is 7.23. The van der Waals surface area contributed by atoms with Crippen molar-refractivity contribution in [3.63, 3.8) is 0 Å². The van der Waals surface area contributed by atoms with Gasteiger partial charge in [0, 0.05) is 36.6 Å². The molecule has 22 heavy (non-hydrogen) atoms. The van der Waals surface area contributed by atoms with Crippen LogP contribution in [0, 0.1) is 5.82 Å². The van der Waals surface area contributed by atoms with Crippen LogP contribution in [-0.4, -0.2) is 38.2 Å². The van der Waals surface area contributed by atoms with Crippen LogP contribution in [0.1, 0.15) is 16.5 Å². The number of halogens is 2. The van der Waals surface area contributed by atoms with Gasteiger partial charge in [-0.3, -0.25) is 4.90 Å². The third-order valence-corrected chi connectivity index (χ3v) is 5.17. The molecule has 1 aromatic carbocycles. The van der Waals surface area contributed by atoms with E-state index in [-0.39, 0.29) is 17.6 Å². The lowest BCUT2D eigenvalue weighted by atomic mass is 10.0. The molecule has 3 rings (SSSR count). The second-order valence-corrected chi connectivity index (χ2v) is 6.94. The topological polar surface area (TPSA) is 24.5 Å². The smallest absolute Gasteiger partial charge is 0.170 e. The van der Waals surface area contributed by atoms with Crippen molar-refractivity contribution >= 4 is 22.9 Å². The second-order valence-electron chi connectivity index (χ2n) is 5.19. The molecule has 1 N–H and O–H groups in total. The summed E-state index contributed by atoms with van der Waals surface area (Å²) in [6.07, 6.45) is 0. The van der Waals surface area contributed by atoms with Crippen molar-refractivity contribution < 1.29 is 9.13 Å². The molecule has 0 unspecified atom stereocenters. The summed E-state index contributed by atoms with van der Waals surface area (Å²) < 4.78 is 20.6. The van der Waals surface area contributed by atoms with Crippen LogP contribution in [0.4, 0.5) is 4.39 Å². The molecule has 6 heteroatoms. The van der Waals surface area contributed by atoms with Crippen LogP contribution in [0.15, 0.2) is 30.3 Å². The first-order chi connectivity index (χ1) is 10.7. The van der Waals surface area contributed by atoms with Gasteiger partial charge in [-0.1, -0.05) is 23.7 Å². The molecule has 0 radical (unpaired) electrons. The van der Waals surface area contributed by atoms with Crippen LogP contribution in [0.2, 0.25) is 4.34 Å². The first kappa shape index (κ1) is 15.7. The van der Waals surface area contributed by atoms with Gasteiger partial charge in [0.05, 0.1) is 17.5 Å². The molecule has 1 saturated heterocycles. The number of ether oxygens (including phenoxy) is 1. The molecule has 0 amide bonds. The number of hydrogen-bond donors (Lipinski definition) is 1. The van der Waals surface area contributed by atoms with E-state index in [0.717, 1.165) is 35.4 Å². The summed E-state index contributed by atoms with van der Waals surface area (Å²) in [7, 11) is 1.49. The molecule has 3 nitrogen and oxygen atoms in total. The number of piperazine rings is 1. The lowest BCUT2D eigenvalue weighted by Gasteiger charge is -2.35. The average molecular weight is 341 g/mol. The fourth-order valence-corrected chi connectivity index (χ4v) is 4.06. The highest BCUT2D eigenvalue weighted by Gasteiger charge is 2.28. The maximum atomic E-state index is 14.8. The van der Waals surface area contributed by atoms with Crippen LogP contribution in [0.5, 0.6) is 5.75 Å². The minimum Gasteiger partial charge on any atom is -0.494 e. The van der Waals surface area contributed by atoms with E-state index in [9.17, 15) is 4.39 Å². The van der Waals surface area contributed by atoms with Gasteiger partial charge in [-0.15, -0.1) is 11.3 Å². The highest BCUT2D eigenvalue weighted by Crippen LogP contribution is 2.38. The molecule has 1 aliphatic heterocycles. The summed E-state index contributed by atoms with van der Waals surface area (Å²) in [5.74, 6) is -0.0154. The largest absolute Gasteiger partial charge is 0.494 e. The lowest BCUT2D eigenvalue weighted by molar-refractivity contribution is 0.197. The number of nitrogens with one attached hydrogen (secondary N) is 1. The molecule has 2 heterocycles. The van der Waals surface area contributed by atoms with E-state index < -0.39 is 0 Å². The Balaban J connectivity index is 2.05. The number of rotatable bonds is 4. The van der Waals surface area contributed by atoms with Crippen molar-refractivity contribution in [2.75, 3.05) is 33.3 Å². The number of methoxy groups -OCH3 is 1. The fraction of sp³-hybridized carbons (Fsp3) is 0.375. The Hall–Kier alpha value is -1.14. The van der Waals surface area contributed by atoms with Gasteiger partial charge in [0.25, 0.3) is 0 Å². The van der Waals surface area contributed by atoms with E-state index in [0.29, 0.717) is 5.56 Å². The molecule has 1 atom stereocenters. The lowest BCUT2D eigenvalue weighted by Crippen LogP contribution is -2.45. The van der Waals surface area contributed by atoms with Crippen LogP contribution in [0.25, 0.3) is 0 Å². The van der Waals surface area contributed by atoms with E-state index in [4.69, 9.17) is 16.3 Å². The maximum absolute atomic E-state index is 14.8. The predicted octanol–water partition coefficient (Wildman–Crippen LogP) is 3.54. The van der Waals surface area contributed by atoms with Crippen LogP contribution in [-0.2, 0) is 0 Å². The van der Waals surface area contributed by atoms with Crippen LogP contribution < -0.4 is 10.1 Å². The van der Waals surface area contributed by atoms with Crippen molar-refractivity contribution in [2.24, 2.45) is 0 Å². The van der Waals surface area contributed by atoms with Gasteiger partial charge in [0.2, 0.25) is 0 Å². The molecular formula is C16H18ClFN2OS. The number of benzene rings is 1. The zero-order chi connectivity index (χ0) is 15.5. The molecule has 1 aromatic heterocycles. The molecule has 0 bridgehead atoms. The van der Waals surface area contributed by atoms with E-state index in [2.05, 4.69) is 10.2 Å². The summed E-state index contributed by atoms with van der Waals surface area (Å²) in [6, 6.07) is 9.04. The van der Waals surface area contributed by atoms with Gasteiger partial charge in [-0.05, 0) is 18.2 Å². The van der Waals surface area contributed by atoms with E-state index >= 15 is 0 Å². The van der Waals surface area contributed by atoms with Crippen molar-refractivity contribution in [1.82, 2.24) is 10.2 Å². The third kappa shape index (κ3) is 3.13. The summed E-state index contributed by atoms with van der Waals surface area (Å²) in [5, 5.41) is 3.33. The highest BCUT2D eigenvalue weighted by atomic mass is 35.5. The van der Waals surface area contributed by atoms with Gasteiger partial charge in [0.15, 0.2) is 11.6 Å². The first-order valence-corrected chi connectivity index (χ1v) is 8.42. The zero-order valence-corrected chi connectivity index (χ0v) is 13.9. The Bertz CT molecular complexity index is 643. The summed E-state index contributed by atoms with van der Waals surface area (Å²) >= 11 is 7.60. The Morgan fingerprint density at radius 3 is 2.68 bits per heavy atom. The molecule has 0 spiro atoms. The van der Waals surface area contributed by atoms with Gasteiger partial charge in [-0.25, -0.2) is 4.39 Å². The monoisotopic (exact) mass is 340 g/mol. The van der Waals surface area contributed by atoms with Crippen LogP contribution >= 0.6 is 22.9 Å². The van der Waals surface area contributed by atoms with E-state index in [1.54, 1.807) is 6.07 Å². The average Bonchev–Trinajstić information content (AvgIpc) is 2.96. The van der Waals surface area contributed by atoms with Crippen molar-refractivity contribution in [3.05, 3.63) is 50.9 Å². The quantitative estimate of drug-likeness (QED) is 0.921. The Kier molecular flexibility index (Phi) is 4.98. The van der Waals surface area contributed by atoms with Gasteiger partial charge < -0.3 is 10.1 Å². The van der Waals surface area contributed by atoms with Crippen molar-refractivity contribution in [2.45, 2.75) is 6.04 Å². The standard InChI is InChI=1S/C16H18ClFN2OS/c1-21-12-4-2-3-11(15(12)18)16(13-5-6-14(17)22-13)20-9-7-19-8-10-20/h2-6,16,19H,7-10H2,1H3/t16-/m0/s1. The highest BCUT2D eigenvalue weighted by molar-refractivity contribution is 7.16. The molecule has 0 aliphatic carbocycles. The Morgan fingerprint density at radius 1 is 1.27 bits per heavy atom. The summed E-state index contributed by atoms with van der Waals surface area (Å²) in [5.41, 5.74) is 0.639. The van der Waals surface area contributed by atoms with Crippen molar-refractivity contribution in [3.8, 4) is 5.75 Å². The normalized spacial score (nSPS) is 17.4. The molecular weight excluding hydrogens is 323 g/mol. The summed E-state index contributed by atoms with van der Waals surface area (Å²) in [6.45, 7) is 3.55. The Labute approximate surface area is 138 Å². The second kappa shape index (κ2) is 6.96. The SMILES string of the molecule is COc1cccc([C@@H](c2ccc(Cl)s2)N2CCNCC2)c1F. The predicted molar refractivity (Wildman–Crippen MR) is 88.6 cm³/mol. The van der Waals surface area contributed by atoms with E-state index in [1.165, 1.54) is 18.4 Å². The molecule has 118 valence electrons. The molecule has 2 aromatic rings. The molecule has 0 saturated carbocycles. The van der Waals surface area contributed by atoms with Crippen LogP contribution in [0.3, 0.4) is 0 Å². The zero-order valence-electron chi connectivity index (χ0n) is 12.3. The fourth-order valence-electron chi connectivity index (χ4n) is 2.84. The van der Waals surface area contributed by atoms with Gasteiger partial charge >= 0.3 is 0 Å². The Morgan fingerprint density at radius 2 is 2.05 bits per heavy atom.